The van der Waals surface area contributed by atoms with Crippen molar-refractivity contribution in [1.82, 2.24) is 5.32 Å². The molecule has 1 fully saturated rings. The van der Waals surface area contributed by atoms with Gasteiger partial charge in [-0.15, -0.1) is 0 Å². The summed E-state index contributed by atoms with van der Waals surface area (Å²) in [7, 11) is 1.33. The molecule has 1 atom stereocenters. The first-order valence-corrected chi connectivity index (χ1v) is 8.80. The van der Waals surface area contributed by atoms with E-state index >= 15 is 0 Å². The maximum absolute atomic E-state index is 12.5. The smallest absolute Gasteiger partial charge is 0.337 e. The largest absolute Gasteiger partial charge is 0.465 e. The number of hydrogen-bond acceptors (Lipinski definition) is 4. The molecule has 2 amide bonds. The second kappa shape index (κ2) is 8.03. The van der Waals surface area contributed by atoms with Gasteiger partial charge in [-0.2, -0.15) is 0 Å². The first-order chi connectivity index (χ1) is 13.0. The number of esters is 1. The monoisotopic (exact) mass is 366 g/mol. The lowest BCUT2D eigenvalue weighted by atomic mass is 10.1. The number of carbonyl (C=O) groups excluding carboxylic acids is 3. The van der Waals surface area contributed by atoms with E-state index in [1.807, 2.05) is 31.2 Å². The first-order valence-electron chi connectivity index (χ1n) is 8.80. The second-order valence-electron chi connectivity index (χ2n) is 6.65. The van der Waals surface area contributed by atoms with Crippen molar-refractivity contribution in [3.63, 3.8) is 0 Å². The van der Waals surface area contributed by atoms with Crippen molar-refractivity contribution < 1.29 is 19.1 Å². The van der Waals surface area contributed by atoms with Gasteiger partial charge < -0.3 is 15.0 Å². The fraction of sp³-hybridized carbons (Fsp3) is 0.286. The number of aryl methyl sites for hydroxylation is 1. The van der Waals surface area contributed by atoms with Crippen LogP contribution in [0.1, 0.15) is 27.9 Å². The van der Waals surface area contributed by atoms with Crippen LogP contribution in [0.25, 0.3) is 0 Å². The Labute approximate surface area is 158 Å². The molecule has 27 heavy (non-hydrogen) atoms. The van der Waals surface area contributed by atoms with E-state index in [2.05, 4.69) is 10.1 Å². The number of hydrogen-bond donors (Lipinski definition) is 1. The number of carbonyl (C=O) groups is 3. The van der Waals surface area contributed by atoms with Gasteiger partial charge in [0.15, 0.2) is 0 Å². The lowest BCUT2D eigenvalue weighted by Crippen LogP contribution is -2.32. The number of ether oxygens (including phenoxy) is 1. The van der Waals surface area contributed by atoms with E-state index in [0.717, 1.165) is 16.8 Å². The van der Waals surface area contributed by atoms with Crippen molar-refractivity contribution in [3.8, 4) is 0 Å². The van der Waals surface area contributed by atoms with Gasteiger partial charge in [0, 0.05) is 25.2 Å². The zero-order valence-electron chi connectivity index (χ0n) is 15.4. The molecule has 1 N–H and O–H groups in total. The van der Waals surface area contributed by atoms with Gasteiger partial charge in [-0.05, 0) is 36.8 Å². The molecule has 140 valence electrons. The molecule has 2 aromatic carbocycles. The molecule has 0 radical (unpaired) electrons. The third-order valence-corrected chi connectivity index (χ3v) is 4.68. The standard InChI is InChI=1S/C21H22N2O4/c1-14-3-9-18(10-4-14)23-13-17(11-19(23)24)20(25)22-12-15-5-7-16(8-6-15)21(26)27-2/h3-10,17H,11-13H2,1-2H3,(H,22,25). The minimum atomic E-state index is -0.397. The van der Waals surface area contributed by atoms with Gasteiger partial charge >= 0.3 is 5.97 Å². The zero-order valence-corrected chi connectivity index (χ0v) is 15.4. The highest BCUT2D eigenvalue weighted by molar-refractivity contribution is 6.00. The summed E-state index contributed by atoms with van der Waals surface area (Å²) in [6.07, 6.45) is 0.209. The fourth-order valence-corrected chi connectivity index (χ4v) is 3.07. The molecule has 3 rings (SSSR count). The Hall–Kier alpha value is -3.15. The summed E-state index contributed by atoms with van der Waals surface area (Å²) in [4.78, 5) is 37.8. The number of rotatable bonds is 5. The van der Waals surface area contributed by atoms with Crippen molar-refractivity contribution in [2.45, 2.75) is 19.9 Å². The summed E-state index contributed by atoms with van der Waals surface area (Å²) < 4.78 is 4.66. The van der Waals surface area contributed by atoms with E-state index in [1.165, 1.54) is 7.11 Å². The van der Waals surface area contributed by atoms with E-state index in [-0.39, 0.29) is 24.2 Å². The fourth-order valence-electron chi connectivity index (χ4n) is 3.07. The molecule has 2 aromatic rings. The highest BCUT2D eigenvalue weighted by Gasteiger charge is 2.34. The van der Waals surface area contributed by atoms with Gasteiger partial charge in [0.2, 0.25) is 11.8 Å². The van der Waals surface area contributed by atoms with Crippen LogP contribution < -0.4 is 10.2 Å². The van der Waals surface area contributed by atoms with Crippen LogP contribution in [0.5, 0.6) is 0 Å². The average Bonchev–Trinajstić information content (AvgIpc) is 3.08. The number of amides is 2. The van der Waals surface area contributed by atoms with E-state index in [1.54, 1.807) is 29.2 Å². The quantitative estimate of drug-likeness (QED) is 0.825. The summed E-state index contributed by atoms with van der Waals surface area (Å²) in [5.74, 6) is -0.948. The van der Waals surface area contributed by atoms with Crippen LogP contribution in [0, 0.1) is 12.8 Å². The second-order valence-corrected chi connectivity index (χ2v) is 6.65. The van der Waals surface area contributed by atoms with Gasteiger partial charge in [0.05, 0.1) is 18.6 Å². The van der Waals surface area contributed by atoms with Crippen LogP contribution in [-0.4, -0.2) is 31.4 Å². The van der Waals surface area contributed by atoms with Crippen molar-refractivity contribution in [1.29, 1.82) is 0 Å². The molecule has 1 unspecified atom stereocenters. The molecular weight excluding hydrogens is 344 g/mol. The molecule has 6 nitrogen and oxygen atoms in total. The molecule has 6 heteroatoms. The maximum Gasteiger partial charge on any atom is 0.337 e. The molecular formula is C21H22N2O4. The number of nitrogens with one attached hydrogen (secondary N) is 1. The van der Waals surface area contributed by atoms with E-state index in [4.69, 9.17) is 0 Å². The summed E-state index contributed by atoms with van der Waals surface area (Å²) in [6.45, 7) is 2.72. The van der Waals surface area contributed by atoms with Crippen LogP contribution in [0.4, 0.5) is 5.69 Å². The lowest BCUT2D eigenvalue weighted by Gasteiger charge is -2.17. The van der Waals surface area contributed by atoms with Gasteiger partial charge in [0.25, 0.3) is 0 Å². The number of methoxy groups -OCH3 is 1. The molecule has 1 aliphatic heterocycles. The average molecular weight is 366 g/mol. The van der Waals surface area contributed by atoms with Crippen LogP contribution in [0.15, 0.2) is 48.5 Å². The minimum absolute atomic E-state index is 0.0403. The summed E-state index contributed by atoms with van der Waals surface area (Å²) in [5, 5.41) is 2.87. The third-order valence-electron chi connectivity index (χ3n) is 4.68. The van der Waals surface area contributed by atoms with Crippen molar-refractivity contribution in [2.24, 2.45) is 5.92 Å². The molecule has 0 spiro atoms. The summed E-state index contributed by atoms with van der Waals surface area (Å²) >= 11 is 0. The van der Waals surface area contributed by atoms with Gasteiger partial charge in [-0.3, -0.25) is 9.59 Å². The van der Waals surface area contributed by atoms with Crippen LogP contribution in [-0.2, 0) is 20.9 Å². The highest BCUT2D eigenvalue weighted by atomic mass is 16.5. The van der Waals surface area contributed by atoms with Crippen LogP contribution in [0.2, 0.25) is 0 Å². The van der Waals surface area contributed by atoms with Gasteiger partial charge in [0.1, 0.15) is 0 Å². The predicted molar refractivity (Wildman–Crippen MR) is 101 cm³/mol. The van der Waals surface area contributed by atoms with Gasteiger partial charge in [-0.1, -0.05) is 29.8 Å². The first kappa shape index (κ1) is 18.6. The summed E-state index contributed by atoms with van der Waals surface area (Å²) in [5.41, 5.74) is 3.27. The van der Waals surface area contributed by atoms with Crippen LogP contribution >= 0.6 is 0 Å². The number of benzene rings is 2. The Kier molecular flexibility index (Phi) is 5.54. The Morgan fingerprint density at radius 2 is 1.78 bits per heavy atom. The Morgan fingerprint density at radius 3 is 2.41 bits per heavy atom. The Balaban J connectivity index is 1.56. The highest BCUT2D eigenvalue weighted by Crippen LogP contribution is 2.25. The minimum Gasteiger partial charge on any atom is -0.465 e. The summed E-state index contributed by atoms with van der Waals surface area (Å²) in [6, 6.07) is 14.6. The maximum atomic E-state index is 12.5. The molecule has 0 aliphatic carbocycles. The zero-order chi connectivity index (χ0) is 19.4. The van der Waals surface area contributed by atoms with Gasteiger partial charge in [-0.25, -0.2) is 4.79 Å². The molecule has 1 aliphatic rings. The molecule has 0 aromatic heterocycles. The van der Waals surface area contributed by atoms with E-state index < -0.39 is 5.97 Å². The lowest BCUT2D eigenvalue weighted by molar-refractivity contribution is -0.126. The SMILES string of the molecule is COC(=O)c1ccc(CNC(=O)C2CC(=O)N(c3ccc(C)cc3)C2)cc1. The van der Waals surface area contributed by atoms with E-state index in [0.29, 0.717) is 18.7 Å². The molecule has 0 bridgehead atoms. The normalized spacial score (nSPS) is 16.3. The van der Waals surface area contributed by atoms with Crippen molar-refractivity contribution >= 4 is 23.5 Å². The molecule has 0 saturated carbocycles. The predicted octanol–water partition coefficient (Wildman–Crippen LogP) is 2.45. The molecule has 1 heterocycles. The topological polar surface area (TPSA) is 75.7 Å². The Morgan fingerprint density at radius 1 is 1.11 bits per heavy atom. The van der Waals surface area contributed by atoms with E-state index in [9.17, 15) is 14.4 Å². The van der Waals surface area contributed by atoms with Crippen molar-refractivity contribution in [2.75, 3.05) is 18.6 Å². The number of anilines is 1. The van der Waals surface area contributed by atoms with Crippen LogP contribution in [0.3, 0.4) is 0 Å². The molecule has 1 saturated heterocycles. The number of nitrogens with zero attached hydrogens (tertiary/aromatic N) is 1. The Bertz CT molecular complexity index is 843. The third kappa shape index (κ3) is 4.34. The van der Waals surface area contributed by atoms with Crippen molar-refractivity contribution in [3.05, 3.63) is 65.2 Å².